The summed E-state index contributed by atoms with van der Waals surface area (Å²) in [6.07, 6.45) is 0.731. The minimum Gasteiger partial charge on any atom is -0.469 e. The molecule has 128 valence electrons. The van der Waals surface area contributed by atoms with Crippen LogP contribution in [0.2, 0.25) is 5.15 Å². The number of hydrogen-bond acceptors (Lipinski definition) is 6. The molecule has 0 saturated carbocycles. The average Bonchev–Trinajstić information content (AvgIpc) is 3.06. The zero-order valence-corrected chi connectivity index (χ0v) is 14.9. The van der Waals surface area contributed by atoms with Gasteiger partial charge in [0.1, 0.15) is 5.15 Å². The van der Waals surface area contributed by atoms with Gasteiger partial charge in [-0.15, -0.1) is 11.3 Å². The standard InChI is InChI=1S/C17H14ClN3O3S/c1-24-15(22)7-4-12-9-25-17(19-12)21-16(23)11-2-5-13-10(8-11)3-6-14(18)20-13/h2-3,5-6,8-9H,4,7H2,1H3,(H,19,21,23). The number of pyridine rings is 1. The number of fused-ring (bicyclic) bond motifs is 1. The Hall–Kier alpha value is -2.51. The first kappa shape index (κ1) is 17.3. The quantitative estimate of drug-likeness (QED) is 0.543. The van der Waals surface area contributed by atoms with Gasteiger partial charge in [-0.05, 0) is 30.3 Å². The van der Waals surface area contributed by atoms with E-state index >= 15 is 0 Å². The molecule has 0 saturated heterocycles. The molecule has 2 heterocycles. The van der Waals surface area contributed by atoms with Crippen LogP contribution in [0.25, 0.3) is 10.9 Å². The van der Waals surface area contributed by atoms with Gasteiger partial charge in [0.05, 0.1) is 24.7 Å². The first-order valence-electron chi connectivity index (χ1n) is 7.44. The van der Waals surface area contributed by atoms with Crippen LogP contribution in [0, 0.1) is 0 Å². The molecule has 2 aromatic heterocycles. The molecule has 0 radical (unpaired) electrons. The van der Waals surface area contributed by atoms with E-state index in [9.17, 15) is 9.59 Å². The molecule has 0 aliphatic heterocycles. The largest absolute Gasteiger partial charge is 0.469 e. The molecule has 0 unspecified atom stereocenters. The number of methoxy groups -OCH3 is 1. The van der Waals surface area contributed by atoms with Gasteiger partial charge in [0.15, 0.2) is 5.13 Å². The number of ether oxygens (including phenoxy) is 1. The molecule has 1 amide bonds. The fraction of sp³-hybridized carbons (Fsp3) is 0.176. The van der Waals surface area contributed by atoms with Crippen LogP contribution in [0.5, 0.6) is 0 Å². The number of thiazole rings is 1. The highest BCUT2D eigenvalue weighted by atomic mass is 35.5. The van der Waals surface area contributed by atoms with Crippen LogP contribution in [0.1, 0.15) is 22.5 Å². The lowest BCUT2D eigenvalue weighted by Crippen LogP contribution is -2.11. The molecule has 0 fully saturated rings. The zero-order valence-electron chi connectivity index (χ0n) is 13.3. The van der Waals surface area contributed by atoms with Gasteiger partial charge in [0, 0.05) is 22.8 Å². The van der Waals surface area contributed by atoms with Crippen molar-refractivity contribution >= 4 is 50.8 Å². The van der Waals surface area contributed by atoms with Crippen LogP contribution < -0.4 is 5.32 Å². The first-order valence-corrected chi connectivity index (χ1v) is 8.70. The van der Waals surface area contributed by atoms with Gasteiger partial charge in [-0.2, -0.15) is 0 Å². The van der Waals surface area contributed by atoms with Gasteiger partial charge in [0.2, 0.25) is 0 Å². The Morgan fingerprint density at radius 3 is 2.88 bits per heavy atom. The van der Waals surface area contributed by atoms with E-state index in [0.29, 0.717) is 22.3 Å². The van der Waals surface area contributed by atoms with Crippen LogP contribution in [0.4, 0.5) is 5.13 Å². The normalized spacial score (nSPS) is 10.6. The number of nitrogens with zero attached hydrogens (tertiary/aromatic N) is 2. The topological polar surface area (TPSA) is 81.2 Å². The summed E-state index contributed by atoms with van der Waals surface area (Å²) < 4.78 is 4.60. The fourth-order valence-electron chi connectivity index (χ4n) is 2.22. The van der Waals surface area contributed by atoms with E-state index in [1.807, 2.05) is 11.4 Å². The number of benzene rings is 1. The summed E-state index contributed by atoms with van der Waals surface area (Å²) in [5.74, 6) is -0.547. The molecule has 0 aliphatic carbocycles. The molecule has 1 N–H and O–H groups in total. The molecule has 6 nitrogen and oxygen atoms in total. The molecule has 3 rings (SSSR count). The van der Waals surface area contributed by atoms with Crippen molar-refractivity contribution < 1.29 is 14.3 Å². The third-order valence-corrected chi connectivity index (χ3v) is 4.52. The minimum atomic E-state index is -0.288. The van der Waals surface area contributed by atoms with Gasteiger partial charge in [0.25, 0.3) is 5.91 Å². The second-order valence-electron chi connectivity index (χ2n) is 5.22. The summed E-state index contributed by atoms with van der Waals surface area (Å²) in [5.41, 5.74) is 1.97. The number of nitrogens with one attached hydrogen (secondary N) is 1. The molecule has 0 aliphatic rings. The van der Waals surface area contributed by atoms with E-state index in [2.05, 4.69) is 20.0 Å². The molecule has 8 heteroatoms. The predicted molar refractivity (Wildman–Crippen MR) is 97.2 cm³/mol. The third kappa shape index (κ3) is 4.32. The Morgan fingerprint density at radius 1 is 1.24 bits per heavy atom. The van der Waals surface area contributed by atoms with Crippen molar-refractivity contribution in [2.24, 2.45) is 0 Å². The van der Waals surface area contributed by atoms with Crippen LogP contribution in [0.3, 0.4) is 0 Å². The highest BCUT2D eigenvalue weighted by Gasteiger charge is 2.11. The van der Waals surface area contributed by atoms with Crippen molar-refractivity contribution in [2.45, 2.75) is 12.8 Å². The van der Waals surface area contributed by atoms with E-state index in [0.717, 1.165) is 16.6 Å². The molecular weight excluding hydrogens is 362 g/mol. The number of aryl methyl sites for hydroxylation is 1. The van der Waals surface area contributed by atoms with Crippen molar-refractivity contribution in [3.63, 3.8) is 0 Å². The van der Waals surface area contributed by atoms with Crippen molar-refractivity contribution in [1.82, 2.24) is 9.97 Å². The van der Waals surface area contributed by atoms with Crippen LogP contribution in [-0.2, 0) is 16.0 Å². The Kier molecular flexibility index (Phi) is 5.25. The third-order valence-electron chi connectivity index (χ3n) is 3.50. The molecule has 1 aromatic carbocycles. The number of hydrogen-bond donors (Lipinski definition) is 1. The smallest absolute Gasteiger partial charge is 0.305 e. The summed E-state index contributed by atoms with van der Waals surface area (Å²) in [7, 11) is 1.35. The molecule has 0 bridgehead atoms. The number of aromatic nitrogens is 2. The van der Waals surface area contributed by atoms with Crippen molar-refractivity contribution in [1.29, 1.82) is 0 Å². The van der Waals surface area contributed by atoms with E-state index in [1.165, 1.54) is 18.4 Å². The SMILES string of the molecule is COC(=O)CCc1csc(NC(=O)c2ccc3nc(Cl)ccc3c2)n1. The van der Waals surface area contributed by atoms with Crippen molar-refractivity contribution in [3.05, 3.63) is 52.1 Å². The van der Waals surface area contributed by atoms with Crippen molar-refractivity contribution in [2.75, 3.05) is 12.4 Å². The number of carbonyl (C=O) groups excluding carboxylic acids is 2. The molecule has 3 aromatic rings. The number of esters is 1. The predicted octanol–water partition coefficient (Wildman–Crippen LogP) is 3.70. The Labute approximate surface area is 152 Å². The number of carbonyl (C=O) groups is 2. The summed E-state index contributed by atoms with van der Waals surface area (Å²) in [6.45, 7) is 0. The lowest BCUT2D eigenvalue weighted by atomic mass is 10.1. The highest BCUT2D eigenvalue weighted by molar-refractivity contribution is 7.14. The lowest BCUT2D eigenvalue weighted by Gasteiger charge is -2.04. The number of amides is 1. The molecular formula is C17H14ClN3O3S. The Bertz CT molecular complexity index is 942. The average molecular weight is 376 g/mol. The van der Waals surface area contributed by atoms with Gasteiger partial charge >= 0.3 is 5.97 Å². The summed E-state index contributed by atoms with van der Waals surface area (Å²) in [6, 6.07) is 8.68. The lowest BCUT2D eigenvalue weighted by molar-refractivity contribution is -0.140. The van der Waals surface area contributed by atoms with Crippen molar-refractivity contribution in [3.8, 4) is 0 Å². The van der Waals surface area contributed by atoms with Gasteiger partial charge in [-0.1, -0.05) is 11.6 Å². The highest BCUT2D eigenvalue weighted by Crippen LogP contribution is 2.20. The van der Waals surface area contributed by atoms with E-state index in [-0.39, 0.29) is 18.3 Å². The fourth-order valence-corrected chi connectivity index (χ4v) is 3.12. The second-order valence-corrected chi connectivity index (χ2v) is 6.46. The van der Waals surface area contributed by atoms with Gasteiger partial charge in [-0.3, -0.25) is 14.9 Å². The molecule has 25 heavy (non-hydrogen) atoms. The molecule has 0 spiro atoms. The van der Waals surface area contributed by atoms with E-state index < -0.39 is 0 Å². The molecule has 0 atom stereocenters. The van der Waals surface area contributed by atoms with E-state index in [4.69, 9.17) is 11.6 Å². The maximum atomic E-state index is 12.4. The maximum Gasteiger partial charge on any atom is 0.305 e. The van der Waals surface area contributed by atoms with E-state index in [1.54, 1.807) is 24.3 Å². The van der Waals surface area contributed by atoms with Gasteiger partial charge < -0.3 is 4.74 Å². The monoisotopic (exact) mass is 375 g/mol. The number of halogens is 1. The number of anilines is 1. The van der Waals surface area contributed by atoms with Gasteiger partial charge in [-0.25, -0.2) is 9.97 Å². The maximum absolute atomic E-state index is 12.4. The van der Waals surface area contributed by atoms with Crippen LogP contribution in [-0.4, -0.2) is 29.0 Å². The Morgan fingerprint density at radius 2 is 2.08 bits per heavy atom. The summed E-state index contributed by atoms with van der Waals surface area (Å²) in [4.78, 5) is 32.0. The summed E-state index contributed by atoms with van der Waals surface area (Å²) in [5, 5.41) is 6.30. The van der Waals surface area contributed by atoms with Crippen LogP contribution >= 0.6 is 22.9 Å². The first-order chi connectivity index (χ1) is 12.0. The summed E-state index contributed by atoms with van der Waals surface area (Å²) >= 11 is 7.17. The Balaban J connectivity index is 1.69. The number of rotatable bonds is 5. The van der Waals surface area contributed by atoms with Crippen LogP contribution in [0.15, 0.2) is 35.7 Å². The minimum absolute atomic E-state index is 0.258. The second kappa shape index (κ2) is 7.58. The zero-order chi connectivity index (χ0) is 17.8.